The Labute approximate surface area is 174 Å². The van der Waals surface area contributed by atoms with Crippen LogP contribution in [0.5, 0.6) is 0 Å². The van der Waals surface area contributed by atoms with E-state index in [2.05, 4.69) is 4.98 Å². The number of carbonyl (C=O) groups excluding carboxylic acids is 1. The van der Waals surface area contributed by atoms with Gasteiger partial charge in [0.15, 0.2) is 11.5 Å². The predicted octanol–water partition coefficient (Wildman–Crippen LogP) is 2.52. The highest BCUT2D eigenvalue weighted by Gasteiger charge is 2.26. The number of aromatic nitrogens is 1. The van der Waals surface area contributed by atoms with Gasteiger partial charge in [0.2, 0.25) is 10.0 Å². The fourth-order valence-electron chi connectivity index (χ4n) is 3.20. The van der Waals surface area contributed by atoms with Crippen LogP contribution in [0.15, 0.2) is 57.8 Å². The second kappa shape index (κ2) is 8.95. The third kappa shape index (κ3) is 4.69. The van der Waals surface area contributed by atoms with Gasteiger partial charge in [-0.15, -0.1) is 0 Å². The van der Waals surface area contributed by atoms with Gasteiger partial charge in [-0.2, -0.15) is 4.31 Å². The average Bonchev–Trinajstić information content (AvgIpc) is 3.20. The van der Waals surface area contributed by atoms with Gasteiger partial charge < -0.3 is 13.9 Å². The average molecular weight is 430 g/mol. The molecular formula is C21H22N2O6S. The number of sulfonamides is 1. The molecule has 0 N–H and O–H groups in total. The second-order valence-electron chi connectivity index (χ2n) is 6.90. The van der Waals surface area contributed by atoms with E-state index in [1.807, 2.05) is 24.3 Å². The van der Waals surface area contributed by atoms with E-state index in [4.69, 9.17) is 13.9 Å². The molecule has 0 saturated carbocycles. The van der Waals surface area contributed by atoms with Gasteiger partial charge in [-0.25, -0.2) is 13.4 Å². The molecule has 8 nitrogen and oxygen atoms in total. The van der Waals surface area contributed by atoms with Gasteiger partial charge in [0.1, 0.15) is 12.1 Å². The van der Waals surface area contributed by atoms with E-state index in [0.717, 1.165) is 5.52 Å². The second-order valence-corrected chi connectivity index (χ2v) is 8.84. The normalized spacial score (nSPS) is 15.3. The lowest BCUT2D eigenvalue weighted by Crippen LogP contribution is -2.40. The van der Waals surface area contributed by atoms with Crippen molar-refractivity contribution >= 4 is 27.1 Å². The van der Waals surface area contributed by atoms with Crippen LogP contribution in [0.4, 0.5) is 0 Å². The molecule has 9 heteroatoms. The number of rotatable bonds is 7. The molecular weight excluding hydrogens is 408 g/mol. The molecule has 1 aromatic heterocycles. The number of esters is 1. The number of nitrogens with zero attached hydrogens (tertiary/aromatic N) is 2. The van der Waals surface area contributed by atoms with Gasteiger partial charge in [0.05, 0.1) is 24.5 Å². The van der Waals surface area contributed by atoms with Crippen molar-refractivity contribution in [3.05, 3.63) is 60.0 Å². The molecule has 0 aliphatic carbocycles. The summed E-state index contributed by atoms with van der Waals surface area (Å²) in [4.78, 5) is 16.6. The summed E-state index contributed by atoms with van der Waals surface area (Å²) in [6.45, 7) is 1.43. The zero-order chi connectivity index (χ0) is 21.0. The van der Waals surface area contributed by atoms with Crippen molar-refractivity contribution in [2.75, 3.05) is 26.3 Å². The summed E-state index contributed by atoms with van der Waals surface area (Å²) in [5.41, 5.74) is 2.04. The number of oxazole rings is 1. The van der Waals surface area contributed by atoms with Crippen LogP contribution >= 0.6 is 0 Å². The van der Waals surface area contributed by atoms with Gasteiger partial charge in [-0.05, 0) is 29.8 Å². The maximum atomic E-state index is 12.8. The minimum atomic E-state index is -3.59. The van der Waals surface area contributed by atoms with Crippen LogP contribution in [-0.2, 0) is 37.3 Å². The Morgan fingerprint density at radius 2 is 1.90 bits per heavy atom. The highest BCUT2D eigenvalue weighted by atomic mass is 32.2. The van der Waals surface area contributed by atoms with Crippen LogP contribution in [0.25, 0.3) is 11.1 Å². The minimum Gasteiger partial charge on any atom is -0.461 e. The molecule has 1 fully saturated rings. The van der Waals surface area contributed by atoms with Crippen molar-refractivity contribution in [1.29, 1.82) is 0 Å². The summed E-state index contributed by atoms with van der Waals surface area (Å²) < 4.78 is 43.0. The molecule has 4 rings (SSSR count). The van der Waals surface area contributed by atoms with Crippen LogP contribution < -0.4 is 0 Å². The molecule has 158 valence electrons. The Morgan fingerprint density at radius 3 is 2.70 bits per heavy atom. The Balaban J connectivity index is 1.33. The maximum absolute atomic E-state index is 12.8. The lowest BCUT2D eigenvalue weighted by atomic mass is 10.2. The maximum Gasteiger partial charge on any atom is 0.306 e. The van der Waals surface area contributed by atoms with Crippen LogP contribution in [-0.4, -0.2) is 50.0 Å². The van der Waals surface area contributed by atoms with E-state index in [-0.39, 0.29) is 17.9 Å². The molecule has 2 heterocycles. The van der Waals surface area contributed by atoms with Gasteiger partial charge >= 0.3 is 5.97 Å². The standard InChI is InChI=1S/C21H22N2O6S/c24-21(9-8-20-22-18-6-1-2-7-19(18)29-20)28-15-16-4-3-5-17(14-16)30(25,26)23-10-12-27-13-11-23/h1-7,14H,8-13,15H2. The number of ether oxygens (including phenoxy) is 2. The van der Waals surface area contributed by atoms with Crippen molar-refractivity contribution in [3.8, 4) is 0 Å². The topological polar surface area (TPSA) is 98.9 Å². The molecule has 0 atom stereocenters. The molecule has 2 aromatic carbocycles. The van der Waals surface area contributed by atoms with E-state index in [9.17, 15) is 13.2 Å². The van der Waals surface area contributed by atoms with Crippen molar-refractivity contribution in [1.82, 2.24) is 9.29 Å². The van der Waals surface area contributed by atoms with Crippen LogP contribution in [0.1, 0.15) is 17.9 Å². The van der Waals surface area contributed by atoms with E-state index < -0.39 is 16.0 Å². The number of hydrogen-bond donors (Lipinski definition) is 0. The Kier molecular flexibility index (Phi) is 6.12. The van der Waals surface area contributed by atoms with Gasteiger partial charge in [0, 0.05) is 19.5 Å². The Bertz CT molecular complexity index is 1100. The third-order valence-electron chi connectivity index (χ3n) is 4.79. The van der Waals surface area contributed by atoms with Crippen LogP contribution in [0, 0.1) is 0 Å². The van der Waals surface area contributed by atoms with Crippen molar-refractivity contribution < 1.29 is 27.1 Å². The van der Waals surface area contributed by atoms with Crippen molar-refractivity contribution in [3.63, 3.8) is 0 Å². The highest BCUT2D eigenvalue weighted by Crippen LogP contribution is 2.19. The molecule has 0 unspecified atom stereocenters. The predicted molar refractivity (Wildman–Crippen MR) is 108 cm³/mol. The first-order chi connectivity index (χ1) is 14.5. The molecule has 0 radical (unpaired) electrons. The first-order valence-corrected chi connectivity index (χ1v) is 11.1. The van der Waals surface area contributed by atoms with E-state index in [1.54, 1.807) is 24.3 Å². The summed E-state index contributed by atoms with van der Waals surface area (Å²) in [6, 6.07) is 13.9. The number of aryl methyl sites for hydroxylation is 1. The van der Waals surface area contributed by atoms with Crippen LogP contribution in [0.3, 0.4) is 0 Å². The zero-order valence-electron chi connectivity index (χ0n) is 16.3. The fraction of sp³-hybridized carbons (Fsp3) is 0.333. The van der Waals surface area contributed by atoms with E-state index >= 15 is 0 Å². The van der Waals surface area contributed by atoms with E-state index in [1.165, 1.54) is 4.31 Å². The number of hydrogen-bond acceptors (Lipinski definition) is 7. The van der Waals surface area contributed by atoms with Gasteiger partial charge in [-0.3, -0.25) is 4.79 Å². The summed E-state index contributed by atoms with van der Waals surface area (Å²) in [6.07, 6.45) is 0.456. The molecule has 0 spiro atoms. The molecule has 0 amide bonds. The fourth-order valence-corrected chi connectivity index (χ4v) is 4.68. The number of morpholine rings is 1. The molecule has 1 aliphatic heterocycles. The van der Waals surface area contributed by atoms with Gasteiger partial charge in [0.25, 0.3) is 0 Å². The quantitative estimate of drug-likeness (QED) is 0.531. The lowest BCUT2D eigenvalue weighted by Gasteiger charge is -2.26. The summed E-state index contributed by atoms with van der Waals surface area (Å²) >= 11 is 0. The van der Waals surface area contributed by atoms with Crippen LogP contribution in [0.2, 0.25) is 0 Å². The Hall–Kier alpha value is -2.75. The van der Waals surface area contributed by atoms with Crippen molar-refractivity contribution in [2.45, 2.75) is 24.3 Å². The summed E-state index contributed by atoms with van der Waals surface area (Å²) in [5.74, 6) is 0.0745. The number of benzene rings is 2. The number of carbonyl (C=O) groups is 1. The monoisotopic (exact) mass is 430 g/mol. The summed E-state index contributed by atoms with van der Waals surface area (Å²) in [7, 11) is -3.59. The molecule has 1 saturated heterocycles. The first kappa shape index (κ1) is 20.5. The zero-order valence-corrected chi connectivity index (χ0v) is 17.1. The van der Waals surface area contributed by atoms with Crippen molar-refractivity contribution in [2.24, 2.45) is 0 Å². The molecule has 3 aromatic rings. The molecule has 1 aliphatic rings. The number of para-hydroxylation sites is 2. The van der Waals surface area contributed by atoms with E-state index in [0.29, 0.717) is 49.8 Å². The largest absolute Gasteiger partial charge is 0.461 e. The number of fused-ring (bicyclic) bond motifs is 1. The molecule has 30 heavy (non-hydrogen) atoms. The highest BCUT2D eigenvalue weighted by molar-refractivity contribution is 7.89. The minimum absolute atomic E-state index is 0.00113. The lowest BCUT2D eigenvalue weighted by molar-refractivity contribution is -0.145. The summed E-state index contributed by atoms with van der Waals surface area (Å²) in [5, 5.41) is 0. The smallest absolute Gasteiger partial charge is 0.306 e. The molecule has 0 bridgehead atoms. The first-order valence-electron chi connectivity index (χ1n) is 9.69. The Morgan fingerprint density at radius 1 is 1.10 bits per heavy atom. The van der Waals surface area contributed by atoms with Gasteiger partial charge in [-0.1, -0.05) is 24.3 Å². The SMILES string of the molecule is O=C(CCc1nc2ccccc2o1)OCc1cccc(S(=O)(=O)N2CCOCC2)c1. The third-order valence-corrected chi connectivity index (χ3v) is 6.68.